The number of rotatable bonds is 5. The van der Waals surface area contributed by atoms with E-state index < -0.39 is 0 Å². The van der Waals surface area contributed by atoms with E-state index in [1.54, 1.807) is 11.8 Å². The van der Waals surface area contributed by atoms with Crippen molar-refractivity contribution in [1.82, 2.24) is 20.0 Å². The molecule has 0 atom stereocenters. The molecule has 3 aromatic heterocycles. The van der Waals surface area contributed by atoms with Gasteiger partial charge in [0.05, 0.1) is 25.5 Å². The third-order valence-electron chi connectivity index (χ3n) is 5.58. The summed E-state index contributed by atoms with van der Waals surface area (Å²) in [6, 6.07) is 0. The molecule has 8 heteroatoms. The zero-order valence-electron chi connectivity index (χ0n) is 16.3. The first kappa shape index (κ1) is 18.5. The predicted molar refractivity (Wildman–Crippen MR) is 111 cm³/mol. The van der Waals surface area contributed by atoms with E-state index >= 15 is 0 Å². The van der Waals surface area contributed by atoms with E-state index in [0.717, 1.165) is 72.2 Å². The summed E-state index contributed by atoms with van der Waals surface area (Å²) in [5.74, 6) is 2.66. The molecular weight excluding hydrogens is 392 g/mol. The summed E-state index contributed by atoms with van der Waals surface area (Å²) in [6.45, 7) is 8.27. The molecule has 1 saturated heterocycles. The van der Waals surface area contributed by atoms with Crippen LogP contribution in [-0.4, -0.2) is 46.3 Å². The largest absolute Gasteiger partial charge is 0.379 e. The zero-order chi connectivity index (χ0) is 19.1. The van der Waals surface area contributed by atoms with Gasteiger partial charge in [-0.2, -0.15) is 0 Å². The smallest absolute Gasteiger partial charge is 0.145 e. The lowest BCUT2D eigenvalue weighted by molar-refractivity contribution is 0.0330. The molecule has 4 heterocycles. The van der Waals surface area contributed by atoms with Crippen molar-refractivity contribution in [3.05, 3.63) is 33.3 Å². The van der Waals surface area contributed by atoms with Gasteiger partial charge in [0.2, 0.25) is 0 Å². The fraction of sp³-hybridized carbons (Fsp3) is 0.550. The molecular formula is C20H24N4O2S2. The molecule has 0 N–H and O–H groups in total. The number of morpholine rings is 1. The molecule has 2 aliphatic rings. The summed E-state index contributed by atoms with van der Waals surface area (Å²) < 4.78 is 10.8. The molecule has 0 radical (unpaired) electrons. The van der Waals surface area contributed by atoms with Crippen LogP contribution in [0.2, 0.25) is 0 Å². The lowest BCUT2D eigenvalue weighted by Gasteiger charge is -2.25. The minimum atomic E-state index is 0.792. The second-order valence-corrected chi connectivity index (χ2v) is 9.51. The van der Waals surface area contributed by atoms with Gasteiger partial charge in [0.25, 0.3) is 0 Å². The van der Waals surface area contributed by atoms with Gasteiger partial charge in [-0.05, 0) is 38.7 Å². The van der Waals surface area contributed by atoms with Crippen LogP contribution in [0.25, 0.3) is 10.2 Å². The van der Waals surface area contributed by atoms with E-state index in [2.05, 4.69) is 10.1 Å². The molecule has 1 aliphatic heterocycles. The van der Waals surface area contributed by atoms with Crippen LogP contribution < -0.4 is 0 Å². The molecule has 148 valence electrons. The predicted octanol–water partition coefficient (Wildman–Crippen LogP) is 3.91. The van der Waals surface area contributed by atoms with Crippen molar-refractivity contribution in [3.63, 3.8) is 0 Å². The highest BCUT2D eigenvalue weighted by Crippen LogP contribution is 2.41. The fourth-order valence-corrected chi connectivity index (χ4v) is 6.56. The Morgan fingerprint density at radius 3 is 2.79 bits per heavy atom. The van der Waals surface area contributed by atoms with Crippen LogP contribution in [0.3, 0.4) is 0 Å². The Balaban J connectivity index is 1.49. The quantitative estimate of drug-likeness (QED) is 0.461. The number of hydrogen-bond acceptors (Lipinski definition) is 8. The summed E-state index contributed by atoms with van der Waals surface area (Å²) in [5.41, 5.74) is 3.64. The van der Waals surface area contributed by atoms with Gasteiger partial charge in [-0.15, -0.1) is 23.1 Å². The molecule has 0 spiro atoms. The summed E-state index contributed by atoms with van der Waals surface area (Å²) in [7, 11) is 0. The topological polar surface area (TPSA) is 64.3 Å². The van der Waals surface area contributed by atoms with E-state index in [0.29, 0.717) is 0 Å². The second-order valence-electron chi connectivity index (χ2n) is 7.46. The average Bonchev–Trinajstić information content (AvgIpc) is 3.36. The molecule has 5 rings (SSSR count). The van der Waals surface area contributed by atoms with Crippen LogP contribution in [-0.2, 0) is 29.9 Å². The number of thiophene rings is 1. The summed E-state index contributed by atoms with van der Waals surface area (Å²) >= 11 is 3.66. The molecule has 0 amide bonds. The number of aromatic nitrogens is 3. The Labute approximate surface area is 172 Å². The molecule has 1 fully saturated rings. The van der Waals surface area contributed by atoms with E-state index in [1.165, 1.54) is 34.2 Å². The van der Waals surface area contributed by atoms with Crippen LogP contribution >= 0.6 is 23.1 Å². The Morgan fingerprint density at radius 2 is 2.00 bits per heavy atom. The SMILES string of the molecule is Cc1noc(C)c1CSc1nc(CN2CCOCC2)nc2sc3c(c12)CCC3. The molecule has 1 aliphatic carbocycles. The lowest BCUT2D eigenvalue weighted by Crippen LogP contribution is -2.36. The number of ether oxygens (including phenoxy) is 1. The van der Waals surface area contributed by atoms with E-state index in [-0.39, 0.29) is 0 Å². The third-order valence-corrected chi connectivity index (χ3v) is 7.77. The first-order valence-electron chi connectivity index (χ1n) is 9.85. The second kappa shape index (κ2) is 7.74. The maximum absolute atomic E-state index is 5.48. The fourth-order valence-electron chi connectivity index (χ4n) is 3.99. The van der Waals surface area contributed by atoms with Crippen molar-refractivity contribution in [2.45, 2.75) is 50.4 Å². The Hall–Kier alpha value is -1.48. The minimum Gasteiger partial charge on any atom is -0.379 e. The first-order chi connectivity index (χ1) is 13.7. The number of nitrogens with zero attached hydrogens (tertiary/aromatic N) is 4. The normalized spacial score (nSPS) is 17.5. The van der Waals surface area contributed by atoms with Crippen LogP contribution in [0.15, 0.2) is 9.55 Å². The lowest BCUT2D eigenvalue weighted by atomic mass is 10.2. The third kappa shape index (κ3) is 3.47. The molecule has 28 heavy (non-hydrogen) atoms. The number of fused-ring (bicyclic) bond motifs is 3. The van der Waals surface area contributed by atoms with Gasteiger partial charge in [-0.1, -0.05) is 5.16 Å². The minimum absolute atomic E-state index is 0.792. The van der Waals surface area contributed by atoms with Crippen LogP contribution in [0.1, 0.15) is 39.7 Å². The number of thioether (sulfide) groups is 1. The molecule has 6 nitrogen and oxygen atoms in total. The summed E-state index contributed by atoms with van der Waals surface area (Å²) in [6.07, 6.45) is 3.59. The van der Waals surface area contributed by atoms with E-state index in [4.69, 9.17) is 19.2 Å². The maximum Gasteiger partial charge on any atom is 0.145 e. The van der Waals surface area contributed by atoms with Crippen molar-refractivity contribution >= 4 is 33.3 Å². The first-order valence-corrected chi connectivity index (χ1v) is 11.6. The number of aryl methyl sites for hydroxylation is 4. The average molecular weight is 417 g/mol. The molecule has 0 bridgehead atoms. The summed E-state index contributed by atoms with van der Waals surface area (Å²) in [4.78, 5) is 15.0. The van der Waals surface area contributed by atoms with Gasteiger partial charge < -0.3 is 9.26 Å². The van der Waals surface area contributed by atoms with Gasteiger partial charge in [0.15, 0.2) is 0 Å². The molecule has 0 saturated carbocycles. The standard InChI is InChI=1S/C20H24N4O2S2/c1-12-15(13(2)26-23-12)11-27-19-18-14-4-3-5-16(14)28-20(18)22-17(21-19)10-24-6-8-25-9-7-24/h3-11H2,1-2H3. The highest BCUT2D eigenvalue weighted by molar-refractivity contribution is 7.98. The van der Waals surface area contributed by atoms with Crippen LogP contribution in [0, 0.1) is 13.8 Å². The Kier molecular flexibility index (Phi) is 5.13. The van der Waals surface area contributed by atoms with Gasteiger partial charge in [-0.3, -0.25) is 4.90 Å². The van der Waals surface area contributed by atoms with Crippen molar-refractivity contribution in [2.75, 3.05) is 26.3 Å². The monoisotopic (exact) mass is 416 g/mol. The van der Waals surface area contributed by atoms with Crippen molar-refractivity contribution in [3.8, 4) is 0 Å². The van der Waals surface area contributed by atoms with Crippen molar-refractivity contribution in [1.29, 1.82) is 0 Å². The van der Waals surface area contributed by atoms with Gasteiger partial charge in [0, 0.05) is 34.7 Å². The van der Waals surface area contributed by atoms with Gasteiger partial charge in [0.1, 0.15) is 21.4 Å². The van der Waals surface area contributed by atoms with E-state index in [9.17, 15) is 0 Å². The Bertz CT molecular complexity index is 988. The Morgan fingerprint density at radius 1 is 1.14 bits per heavy atom. The highest BCUT2D eigenvalue weighted by Gasteiger charge is 2.24. The molecule has 3 aromatic rings. The maximum atomic E-state index is 5.48. The summed E-state index contributed by atoms with van der Waals surface area (Å²) in [5, 5.41) is 6.51. The molecule has 0 aromatic carbocycles. The van der Waals surface area contributed by atoms with Gasteiger partial charge >= 0.3 is 0 Å². The van der Waals surface area contributed by atoms with Gasteiger partial charge in [-0.25, -0.2) is 9.97 Å². The molecule has 0 unspecified atom stereocenters. The zero-order valence-corrected chi connectivity index (χ0v) is 17.9. The van der Waals surface area contributed by atoms with Crippen molar-refractivity contribution in [2.24, 2.45) is 0 Å². The highest BCUT2D eigenvalue weighted by atomic mass is 32.2. The van der Waals surface area contributed by atoms with Crippen LogP contribution in [0.4, 0.5) is 0 Å². The van der Waals surface area contributed by atoms with Crippen LogP contribution in [0.5, 0.6) is 0 Å². The van der Waals surface area contributed by atoms with Crippen molar-refractivity contribution < 1.29 is 9.26 Å². The van der Waals surface area contributed by atoms with E-state index in [1.807, 2.05) is 25.2 Å². The number of hydrogen-bond donors (Lipinski definition) is 0.